The Labute approximate surface area is 103 Å². The molecule has 0 rings (SSSR count). The largest absolute Gasteiger partial charge is 0.481 e. The summed E-state index contributed by atoms with van der Waals surface area (Å²) in [6.45, 7) is 7.49. The maximum absolute atomic E-state index is 11.6. The molecular formula is C12H24N2O3. The van der Waals surface area contributed by atoms with E-state index in [-0.39, 0.29) is 12.5 Å². The molecule has 1 amide bonds. The van der Waals surface area contributed by atoms with E-state index in [4.69, 9.17) is 10.8 Å². The van der Waals surface area contributed by atoms with Gasteiger partial charge in [-0.15, -0.1) is 0 Å². The predicted molar refractivity (Wildman–Crippen MR) is 66.5 cm³/mol. The van der Waals surface area contributed by atoms with Gasteiger partial charge in [0.25, 0.3) is 0 Å². The van der Waals surface area contributed by atoms with E-state index in [1.54, 1.807) is 13.8 Å². The fourth-order valence-electron chi connectivity index (χ4n) is 1.38. The number of carboxylic acid groups (broad SMARTS) is 1. The molecule has 4 N–H and O–H groups in total. The zero-order valence-corrected chi connectivity index (χ0v) is 11.1. The topological polar surface area (TPSA) is 92.4 Å². The van der Waals surface area contributed by atoms with Gasteiger partial charge in [0.1, 0.15) is 0 Å². The predicted octanol–water partition coefficient (Wildman–Crippen LogP) is 0.977. The molecule has 0 aliphatic rings. The first-order chi connectivity index (χ1) is 7.73. The summed E-state index contributed by atoms with van der Waals surface area (Å²) in [5, 5.41) is 11.7. The molecule has 5 heteroatoms. The molecule has 5 nitrogen and oxygen atoms in total. The molecule has 0 aliphatic heterocycles. The second kappa shape index (κ2) is 6.59. The zero-order valence-electron chi connectivity index (χ0n) is 11.1. The Morgan fingerprint density at radius 1 is 1.41 bits per heavy atom. The average Bonchev–Trinajstić information content (AvgIpc) is 2.23. The SMILES string of the molecule is CCC(C)(CNC(=O)[C@@H](N)CC(C)C)C(=O)O. The Morgan fingerprint density at radius 2 is 1.94 bits per heavy atom. The van der Waals surface area contributed by atoms with Crippen LogP contribution in [-0.2, 0) is 9.59 Å². The number of carbonyl (C=O) groups excluding carboxylic acids is 1. The molecule has 0 aromatic carbocycles. The zero-order chi connectivity index (χ0) is 13.6. The lowest BCUT2D eigenvalue weighted by Gasteiger charge is -2.24. The van der Waals surface area contributed by atoms with Gasteiger partial charge in [-0.25, -0.2) is 0 Å². The van der Waals surface area contributed by atoms with Gasteiger partial charge in [0.15, 0.2) is 0 Å². The van der Waals surface area contributed by atoms with Crippen LogP contribution in [0.2, 0.25) is 0 Å². The van der Waals surface area contributed by atoms with Crippen LogP contribution in [0.4, 0.5) is 0 Å². The summed E-state index contributed by atoms with van der Waals surface area (Å²) in [7, 11) is 0. The highest BCUT2D eigenvalue weighted by Crippen LogP contribution is 2.19. The fraction of sp³-hybridized carbons (Fsp3) is 0.833. The van der Waals surface area contributed by atoms with Gasteiger partial charge < -0.3 is 16.2 Å². The first-order valence-electron chi connectivity index (χ1n) is 5.99. The van der Waals surface area contributed by atoms with Crippen molar-refractivity contribution in [3.05, 3.63) is 0 Å². The third-order valence-corrected chi connectivity index (χ3v) is 3.01. The molecule has 0 radical (unpaired) electrons. The maximum Gasteiger partial charge on any atom is 0.311 e. The smallest absolute Gasteiger partial charge is 0.311 e. The second-order valence-electron chi connectivity index (χ2n) is 5.17. The molecule has 100 valence electrons. The van der Waals surface area contributed by atoms with Crippen LogP contribution in [0, 0.1) is 11.3 Å². The van der Waals surface area contributed by atoms with Crippen LogP contribution in [0.3, 0.4) is 0 Å². The summed E-state index contributed by atoms with van der Waals surface area (Å²) in [6.07, 6.45) is 1.06. The van der Waals surface area contributed by atoms with Gasteiger partial charge in [0.05, 0.1) is 11.5 Å². The van der Waals surface area contributed by atoms with E-state index in [1.807, 2.05) is 13.8 Å². The lowest BCUT2D eigenvalue weighted by molar-refractivity contribution is -0.148. The highest BCUT2D eigenvalue weighted by Gasteiger charge is 2.32. The minimum atomic E-state index is -0.923. The van der Waals surface area contributed by atoms with E-state index in [2.05, 4.69) is 5.32 Å². The Hall–Kier alpha value is -1.10. The maximum atomic E-state index is 11.6. The fourth-order valence-corrected chi connectivity index (χ4v) is 1.38. The van der Waals surface area contributed by atoms with E-state index in [0.717, 1.165) is 0 Å². The molecule has 17 heavy (non-hydrogen) atoms. The number of amides is 1. The molecule has 0 saturated heterocycles. The van der Waals surface area contributed by atoms with Crippen LogP contribution in [0.1, 0.15) is 40.5 Å². The lowest BCUT2D eigenvalue weighted by Crippen LogP contribution is -2.47. The number of rotatable bonds is 7. The van der Waals surface area contributed by atoms with Crippen molar-refractivity contribution in [3.63, 3.8) is 0 Å². The summed E-state index contributed by atoms with van der Waals surface area (Å²) < 4.78 is 0. The van der Waals surface area contributed by atoms with E-state index < -0.39 is 17.4 Å². The first kappa shape index (κ1) is 15.9. The summed E-state index contributed by atoms with van der Waals surface area (Å²) in [6, 6.07) is -0.565. The second-order valence-corrected chi connectivity index (χ2v) is 5.17. The van der Waals surface area contributed by atoms with Gasteiger partial charge in [-0.05, 0) is 25.7 Å². The molecule has 0 heterocycles. The molecule has 0 aromatic rings. The van der Waals surface area contributed by atoms with Crippen LogP contribution in [-0.4, -0.2) is 29.6 Å². The van der Waals surface area contributed by atoms with E-state index in [0.29, 0.717) is 18.8 Å². The Morgan fingerprint density at radius 3 is 2.29 bits per heavy atom. The van der Waals surface area contributed by atoms with Crippen LogP contribution >= 0.6 is 0 Å². The highest BCUT2D eigenvalue weighted by molar-refractivity contribution is 5.82. The molecule has 0 aromatic heterocycles. The van der Waals surface area contributed by atoms with Crippen molar-refractivity contribution >= 4 is 11.9 Å². The number of hydrogen-bond donors (Lipinski definition) is 3. The average molecular weight is 244 g/mol. The third-order valence-electron chi connectivity index (χ3n) is 3.01. The molecule has 2 atom stereocenters. The summed E-state index contributed by atoms with van der Waals surface area (Å²) in [5.41, 5.74) is 4.78. The van der Waals surface area contributed by atoms with Crippen molar-refractivity contribution in [2.75, 3.05) is 6.54 Å². The van der Waals surface area contributed by atoms with Gasteiger partial charge in [0.2, 0.25) is 5.91 Å². The van der Waals surface area contributed by atoms with E-state index >= 15 is 0 Å². The Balaban J connectivity index is 4.27. The Kier molecular flexibility index (Phi) is 6.16. The van der Waals surface area contributed by atoms with Crippen molar-refractivity contribution in [3.8, 4) is 0 Å². The lowest BCUT2D eigenvalue weighted by atomic mass is 9.87. The van der Waals surface area contributed by atoms with E-state index in [9.17, 15) is 9.59 Å². The van der Waals surface area contributed by atoms with Crippen molar-refractivity contribution < 1.29 is 14.7 Å². The van der Waals surface area contributed by atoms with Crippen molar-refractivity contribution in [1.29, 1.82) is 0 Å². The number of hydrogen-bond acceptors (Lipinski definition) is 3. The van der Waals surface area contributed by atoms with Crippen molar-refractivity contribution in [2.45, 2.75) is 46.6 Å². The van der Waals surface area contributed by atoms with Gasteiger partial charge in [-0.2, -0.15) is 0 Å². The minimum absolute atomic E-state index is 0.115. The number of carboxylic acids is 1. The first-order valence-corrected chi connectivity index (χ1v) is 5.99. The number of carbonyl (C=O) groups is 2. The molecule has 0 aliphatic carbocycles. The molecule has 0 saturated carbocycles. The molecule has 0 bridgehead atoms. The summed E-state index contributed by atoms with van der Waals surface area (Å²) in [5.74, 6) is -0.842. The molecule has 0 spiro atoms. The molecule has 1 unspecified atom stereocenters. The van der Waals surface area contributed by atoms with Crippen LogP contribution in [0.25, 0.3) is 0 Å². The summed E-state index contributed by atoms with van der Waals surface area (Å²) in [4.78, 5) is 22.7. The monoisotopic (exact) mass is 244 g/mol. The Bertz CT molecular complexity index is 279. The normalized spacial score (nSPS) is 16.4. The number of aliphatic carboxylic acids is 1. The van der Waals surface area contributed by atoms with Crippen molar-refractivity contribution in [2.24, 2.45) is 17.1 Å². The molecule has 0 fully saturated rings. The van der Waals surface area contributed by atoms with Crippen LogP contribution < -0.4 is 11.1 Å². The van der Waals surface area contributed by atoms with Gasteiger partial charge in [-0.3, -0.25) is 9.59 Å². The van der Waals surface area contributed by atoms with Crippen molar-refractivity contribution in [1.82, 2.24) is 5.32 Å². The number of nitrogens with one attached hydrogen (secondary N) is 1. The van der Waals surface area contributed by atoms with Gasteiger partial charge >= 0.3 is 5.97 Å². The minimum Gasteiger partial charge on any atom is -0.481 e. The van der Waals surface area contributed by atoms with Crippen LogP contribution in [0.5, 0.6) is 0 Å². The van der Waals surface area contributed by atoms with Gasteiger partial charge in [-0.1, -0.05) is 20.8 Å². The van der Waals surface area contributed by atoms with Crippen LogP contribution in [0.15, 0.2) is 0 Å². The third kappa shape index (κ3) is 5.17. The van der Waals surface area contributed by atoms with E-state index in [1.165, 1.54) is 0 Å². The highest BCUT2D eigenvalue weighted by atomic mass is 16.4. The quantitative estimate of drug-likeness (QED) is 0.622. The van der Waals surface area contributed by atoms with Gasteiger partial charge in [0, 0.05) is 6.54 Å². The molecular weight excluding hydrogens is 220 g/mol. The summed E-state index contributed by atoms with van der Waals surface area (Å²) >= 11 is 0. The number of nitrogens with two attached hydrogens (primary N) is 1. The standard InChI is InChI=1S/C12H24N2O3/c1-5-12(4,11(16)17)7-14-10(15)9(13)6-8(2)3/h8-9H,5-7,13H2,1-4H3,(H,14,15)(H,16,17)/t9-,12?/m0/s1.